The van der Waals surface area contributed by atoms with Crippen molar-refractivity contribution in [2.24, 2.45) is 0 Å². The minimum absolute atomic E-state index is 0.146. The topological polar surface area (TPSA) is 72.9 Å². The van der Waals surface area contributed by atoms with Gasteiger partial charge in [0.2, 0.25) is 10.0 Å². The molecule has 0 N–H and O–H groups in total. The zero-order valence-corrected chi connectivity index (χ0v) is 17.8. The van der Waals surface area contributed by atoms with Crippen LogP contribution in [0.5, 0.6) is 5.75 Å². The zero-order valence-electron chi connectivity index (χ0n) is 15.4. The Bertz CT molecular complexity index is 1160. The maximum absolute atomic E-state index is 12.7. The van der Waals surface area contributed by atoms with Gasteiger partial charge in [-0.2, -0.15) is 4.31 Å². The van der Waals surface area contributed by atoms with Crippen LogP contribution < -0.4 is 4.74 Å². The molecule has 29 heavy (non-hydrogen) atoms. The van der Waals surface area contributed by atoms with Crippen LogP contribution >= 0.6 is 15.9 Å². The number of morpholine rings is 1. The molecule has 8 heteroatoms. The summed E-state index contributed by atoms with van der Waals surface area (Å²) < 4.78 is 38.3. The summed E-state index contributed by atoms with van der Waals surface area (Å²) in [4.78, 5) is 12.6. The fourth-order valence-electron chi connectivity index (χ4n) is 3.12. The molecule has 3 aromatic rings. The van der Waals surface area contributed by atoms with Gasteiger partial charge in [-0.1, -0.05) is 28.1 Å². The number of rotatable bonds is 4. The lowest BCUT2D eigenvalue weighted by molar-refractivity contribution is 0.0730. The third kappa shape index (κ3) is 4.35. The molecule has 6 nitrogen and oxygen atoms in total. The largest absolute Gasteiger partial charge is 0.423 e. The molecule has 0 radical (unpaired) electrons. The van der Waals surface area contributed by atoms with Crippen LogP contribution in [0.3, 0.4) is 0 Å². The van der Waals surface area contributed by atoms with Crippen LogP contribution in [0.1, 0.15) is 10.4 Å². The molecular weight excluding hydrogens is 458 g/mol. The molecule has 0 saturated carbocycles. The van der Waals surface area contributed by atoms with Gasteiger partial charge in [0.15, 0.2) is 0 Å². The van der Waals surface area contributed by atoms with E-state index in [2.05, 4.69) is 15.9 Å². The third-order valence-corrected chi connectivity index (χ3v) is 7.09. The summed E-state index contributed by atoms with van der Waals surface area (Å²) in [5.74, 6) is -0.119. The number of halogens is 1. The summed E-state index contributed by atoms with van der Waals surface area (Å²) in [6.45, 7) is 1.41. The standard InChI is InChI=1S/C21H18BrNO5S/c22-18-5-1-17-14-19(6-2-16(17)13-18)28-21(24)15-3-7-20(8-4-15)29(25,26)23-9-11-27-12-10-23/h1-8,13-14H,9-12H2. The van der Waals surface area contributed by atoms with Gasteiger partial charge in [0, 0.05) is 17.6 Å². The number of nitrogens with zero attached hydrogens (tertiary/aromatic N) is 1. The molecule has 1 saturated heterocycles. The molecular formula is C21H18BrNO5S. The first-order chi connectivity index (χ1) is 13.9. The molecule has 1 heterocycles. The van der Waals surface area contributed by atoms with E-state index in [1.165, 1.54) is 28.6 Å². The Kier molecular flexibility index (Phi) is 5.69. The lowest BCUT2D eigenvalue weighted by Crippen LogP contribution is -2.40. The highest BCUT2D eigenvalue weighted by Crippen LogP contribution is 2.25. The number of hydrogen-bond donors (Lipinski definition) is 0. The second-order valence-electron chi connectivity index (χ2n) is 6.58. The van der Waals surface area contributed by atoms with Crippen molar-refractivity contribution in [3.63, 3.8) is 0 Å². The number of fused-ring (bicyclic) bond motifs is 1. The van der Waals surface area contributed by atoms with Crippen molar-refractivity contribution < 1.29 is 22.7 Å². The maximum Gasteiger partial charge on any atom is 0.343 e. The number of carbonyl (C=O) groups is 1. The average molecular weight is 476 g/mol. The van der Waals surface area contributed by atoms with Crippen LogP contribution in [0.25, 0.3) is 10.8 Å². The molecule has 1 aliphatic heterocycles. The maximum atomic E-state index is 12.7. The molecule has 0 bridgehead atoms. The van der Waals surface area contributed by atoms with Gasteiger partial charge in [0.1, 0.15) is 5.75 Å². The normalized spacial score (nSPS) is 15.3. The summed E-state index contributed by atoms with van der Waals surface area (Å²) in [7, 11) is -3.59. The van der Waals surface area contributed by atoms with Crippen molar-refractivity contribution in [1.82, 2.24) is 4.31 Å². The zero-order chi connectivity index (χ0) is 20.4. The van der Waals surface area contributed by atoms with Gasteiger partial charge in [0.05, 0.1) is 23.7 Å². The first kappa shape index (κ1) is 20.0. The monoisotopic (exact) mass is 475 g/mol. The van der Waals surface area contributed by atoms with Gasteiger partial charge in [-0.3, -0.25) is 0 Å². The Labute approximate surface area is 177 Å². The highest BCUT2D eigenvalue weighted by molar-refractivity contribution is 9.10. The number of esters is 1. The molecule has 0 amide bonds. The average Bonchev–Trinajstić information content (AvgIpc) is 2.74. The first-order valence-electron chi connectivity index (χ1n) is 9.03. The van der Waals surface area contributed by atoms with Crippen molar-refractivity contribution in [3.05, 3.63) is 70.7 Å². The summed E-state index contributed by atoms with van der Waals surface area (Å²) >= 11 is 3.43. The molecule has 3 aromatic carbocycles. The molecule has 150 valence electrons. The van der Waals surface area contributed by atoms with Crippen LogP contribution in [-0.2, 0) is 14.8 Å². The van der Waals surface area contributed by atoms with E-state index in [4.69, 9.17) is 9.47 Å². The molecule has 0 unspecified atom stereocenters. The molecule has 0 spiro atoms. The number of ether oxygens (including phenoxy) is 2. The number of benzene rings is 3. The number of sulfonamides is 1. The van der Waals surface area contributed by atoms with E-state index < -0.39 is 16.0 Å². The predicted molar refractivity (Wildman–Crippen MR) is 113 cm³/mol. The van der Waals surface area contributed by atoms with Crippen molar-refractivity contribution >= 4 is 42.7 Å². The molecule has 0 aromatic heterocycles. The SMILES string of the molecule is O=C(Oc1ccc2cc(Br)ccc2c1)c1ccc(S(=O)(=O)N2CCOCC2)cc1. The lowest BCUT2D eigenvalue weighted by Gasteiger charge is -2.26. The molecule has 1 fully saturated rings. The van der Waals surface area contributed by atoms with E-state index in [1.54, 1.807) is 12.1 Å². The van der Waals surface area contributed by atoms with Crippen LogP contribution in [0.2, 0.25) is 0 Å². The van der Waals surface area contributed by atoms with Gasteiger partial charge in [-0.15, -0.1) is 0 Å². The predicted octanol–water partition coefficient (Wildman–Crippen LogP) is 3.84. The summed E-state index contributed by atoms with van der Waals surface area (Å²) in [5.41, 5.74) is 0.279. The Balaban J connectivity index is 1.50. The number of carbonyl (C=O) groups excluding carboxylic acids is 1. The second kappa shape index (κ2) is 8.23. The molecule has 0 aliphatic carbocycles. The minimum Gasteiger partial charge on any atom is -0.423 e. The van der Waals surface area contributed by atoms with Crippen LogP contribution in [-0.4, -0.2) is 45.0 Å². The van der Waals surface area contributed by atoms with E-state index in [9.17, 15) is 13.2 Å². The summed E-state index contributed by atoms with van der Waals surface area (Å²) in [6, 6.07) is 17.0. The summed E-state index contributed by atoms with van der Waals surface area (Å²) in [5, 5.41) is 1.97. The van der Waals surface area contributed by atoms with E-state index in [0.717, 1.165) is 15.2 Å². The van der Waals surface area contributed by atoms with Crippen LogP contribution in [0.15, 0.2) is 70.0 Å². The fourth-order valence-corrected chi connectivity index (χ4v) is 4.91. The molecule has 4 rings (SSSR count). The Morgan fingerprint density at radius 1 is 0.931 bits per heavy atom. The second-order valence-corrected chi connectivity index (χ2v) is 9.44. The van der Waals surface area contributed by atoms with E-state index in [0.29, 0.717) is 32.1 Å². The quantitative estimate of drug-likeness (QED) is 0.423. The summed E-state index contributed by atoms with van der Waals surface area (Å²) in [6.07, 6.45) is 0. The van der Waals surface area contributed by atoms with Gasteiger partial charge in [-0.25, -0.2) is 13.2 Å². The third-order valence-electron chi connectivity index (χ3n) is 4.68. The molecule has 1 aliphatic rings. The minimum atomic E-state index is -3.59. The van der Waals surface area contributed by atoms with E-state index >= 15 is 0 Å². The fraction of sp³-hybridized carbons (Fsp3) is 0.190. The van der Waals surface area contributed by atoms with Gasteiger partial charge in [0.25, 0.3) is 0 Å². The van der Waals surface area contributed by atoms with Gasteiger partial charge < -0.3 is 9.47 Å². The van der Waals surface area contributed by atoms with E-state index in [-0.39, 0.29) is 10.5 Å². The highest BCUT2D eigenvalue weighted by Gasteiger charge is 2.26. The highest BCUT2D eigenvalue weighted by atomic mass is 79.9. The van der Waals surface area contributed by atoms with E-state index in [1.807, 2.05) is 24.3 Å². The van der Waals surface area contributed by atoms with Gasteiger partial charge in [-0.05, 0) is 59.3 Å². The Hall–Kier alpha value is -2.26. The first-order valence-corrected chi connectivity index (χ1v) is 11.3. The van der Waals surface area contributed by atoms with Crippen LogP contribution in [0.4, 0.5) is 0 Å². The van der Waals surface area contributed by atoms with Crippen molar-refractivity contribution in [3.8, 4) is 5.75 Å². The Morgan fingerprint density at radius 2 is 1.59 bits per heavy atom. The smallest absolute Gasteiger partial charge is 0.343 e. The van der Waals surface area contributed by atoms with Crippen molar-refractivity contribution in [1.29, 1.82) is 0 Å². The lowest BCUT2D eigenvalue weighted by atomic mass is 10.1. The molecule has 0 atom stereocenters. The van der Waals surface area contributed by atoms with Crippen LogP contribution in [0, 0.1) is 0 Å². The Morgan fingerprint density at radius 3 is 2.31 bits per heavy atom. The van der Waals surface area contributed by atoms with Gasteiger partial charge >= 0.3 is 5.97 Å². The van der Waals surface area contributed by atoms with Crippen molar-refractivity contribution in [2.45, 2.75) is 4.90 Å². The van der Waals surface area contributed by atoms with Crippen molar-refractivity contribution in [2.75, 3.05) is 26.3 Å². The number of hydrogen-bond acceptors (Lipinski definition) is 5.